The standard InChI is InChI=1S/C30H44O2/c1-6-7-8-13-22(2)14-11-15-23(3)16-12-17-24(4)20-21-26-25(5)29(31)27-18-9-10-19-28(27)30(26)32/h9-10,18-20,22-23H,6-8,11-17,21H2,1-5H3. The lowest BCUT2D eigenvalue weighted by Gasteiger charge is -2.18. The fourth-order valence-corrected chi connectivity index (χ4v) is 4.75. The molecule has 2 atom stereocenters. The Morgan fingerprint density at radius 2 is 1.41 bits per heavy atom. The van der Waals surface area contributed by atoms with Crippen molar-refractivity contribution in [2.75, 3.05) is 0 Å². The van der Waals surface area contributed by atoms with Crippen LogP contribution in [0, 0.1) is 11.8 Å². The van der Waals surface area contributed by atoms with Crippen molar-refractivity contribution in [1.82, 2.24) is 0 Å². The van der Waals surface area contributed by atoms with Crippen LogP contribution in [-0.2, 0) is 0 Å². The van der Waals surface area contributed by atoms with Crippen molar-refractivity contribution in [2.45, 2.75) is 105 Å². The summed E-state index contributed by atoms with van der Waals surface area (Å²) in [6, 6.07) is 7.18. The molecule has 2 unspecified atom stereocenters. The van der Waals surface area contributed by atoms with Crippen molar-refractivity contribution in [1.29, 1.82) is 0 Å². The van der Waals surface area contributed by atoms with Crippen LogP contribution >= 0.6 is 0 Å². The first-order chi connectivity index (χ1) is 15.3. The molecule has 1 aliphatic rings. The zero-order valence-electron chi connectivity index (χ0n) is 21.1. The molecule has 1 aromatic rings. The van der Waals surface area contributed by atoms with Gasteiger partial charge >= 0.3 is 0 Å². The van der Waals surface area contributed by atoms with Crippen molar-refractivity contribution in [3.05, 3.63) is 58.2 Å². The molecule has 2 rings (SSSR count). The van der Waals surface area contributed by atoms with Crippen molar-refractivity contribution in [3.8, 4) is 0 Å². The SMILES string of the molecule is CCCCCC(C)CCCC(C)CCCC(C)=CCC1=C(C)C(=O)c2ccccc2C1=O. The van der Waals surface area contributed by atoms with E-state index in [0.29, 0.717) is 28.7 Å². The molecule has 1 aliphatic carbocycles. The molecular weight excluding hydrogens is 392 g/mol. The third-order valence-electron chi connectivity index (χ3n) is 7.10. The van der Waals surface area contributed by atoms with Crippen LogP contribution in [0.25, 0.3) is 0 Å². The Hall–Kier alpha value is -1.96. The number of rotatable bonds is 14. The zero-order chi connectivity index (χ0) is 23.5. The number of carbonyl (C=O) groups is 2. The van der Waals surface area contributed by atoms with Crippen LogP contribution < -0.4 is 0 Å². The second-order valence-electron chi connectivity index (χ2n) is 10.1. The molecule has 1 aromatic carbocycles. The van der Waals surface area contributed by atoms with Gasteiger partial charge in [0.15, 0.2) is 11.6 Å². The maximum atomic E-state index is 12.9. The van der Waals surface area contributed by atoms with Gasteiger partial charge in [-0.1, -0.05) is 108 Å². The Labute approximate surface area is 196 Å². The van der Waals surface area contributed by atoms with Gasteiger partial charge in [0.05, 0.1) is 0 Å². The van der Waals surface area contributed by atoms with Gasteiger partial charge in [-0.05, 0) is 44.9 Å². The number of hydrogen-bond donors (Lipinski definition) is 0. The lowest BCUT2D eigenvalue weighted by Crippen LogP contribution is -2.20. The number of carbonyl (C=O) groups excluding carboxylic acids is 2. The molecule has 32 heavy (non-hydrogen) atoms. The van der Waals surface area contributed by atoms with Gasteiger partial charge in [-0.15, -0.1) is 0 Å². The van der Waals surface area contributed by atoms with Gasteiger partial charge in [-0.2, -0.15) is 0 Å². The van der Waals surface area contributed by atoms with E-state index in [0.717, 1.165) is 18.3 Å². The number of unbranched alkanes of at least 4 members (excludes halogenated alkanes) is 2. The first-order valence-corrected chi connectivity index (χ1v) is 12.9. The Balaban J connectivity index is 1.73. The third-order valence-corrected chi connectivity index (χ3v) is 7.10. The van der Waals surface area contributed by atoms with Crippen LogP contribution in [0.2, 0.25) is 0 Å². The fourth-order valence-electron chi connectivity index (χ4n) is 4.75. The number of benzene rings is 1. The summed E-state index contributed by atoms with van der Waals surface area (Å²) in [7, 11) is 0. The topological polar surface area (TPSA) is 34.1 Å². The average molecular weight is 437 g/mol. The summed E-state index contributed by atoms with van der Waals surface area (Å²) in [5.41, 5.74) is 3.69. The largest absolute Gasteiger partial charge is 0.289 e. The number of ketones is 2. The van der Waals surface area contributed by atoms with Crippen molar-refractivity contribution < 1.29 is 9.59 Å². The van der Waals surface area contributed by atoms with E-state index < -0.39 is 0 Å². The molecule has 0 aliphatic heterocycles. The first kappa shape index (κ1) is 26.3. The first-order valence-electron chi connectivity index (χ1n) is 12.9. The Bertz CT molecular complexity index is 827. The summed E-state index contributed by atoms with van der Waals surface area (Å²) in [6.07, 6.45) is 15.8. The lowest BCUT2D eigenvalue weighted by atomic mass is 9.83. The van der Waals surface area contributed by atoms with E-state index in [1.165, 1.54) is 63.4 Å². The molecule has 2 heteroatoms. The smallest absolute Gasteiger partial charge is 0.190 e. The second-order valence-corrected chi connectivity index (χ2v) is 10.1. The summed E-state index contributed by atoms with van der Waals surface area (Å²) in [5.74, 6) is 1.66. The van der Waals surface area contributed by atoms with E-state index in [9.17, 15) is 9.59 Å². The van der Waals surface area contributed by atoms with Crippen molar-refractivity contribution in [3.63, 3.8) is 0 Å². The molecule has 0 N–H and O–H groups in total. The summed E-state index contributed by atoms with van der Waals surface area (Å²) < 4.78 is 0. The van der Waals surface area contributed by atoms with Crippen LogP contribution in [0.4, 0.5) is 0 Å². The normalized spacial score (nSPS) is 16.3. The van der Waals surface area contributed by atoms with Crippen LogP contribution in [0.5, 0.6) is 0 Å². The molecule has 0 saturated carbocycles. The maximum Gasteiger partial charge on any atom is 0.190 e. The highest BCUT2D eigenvalue weighted by Crippen LogP contribution is 2.29. The second kappa shape index (κ2) is 13.6. The maximum absolute atomic E-state index is 12.9. The minimum atomic E-state index is -0.00485. The minimum absolute atomic E-state index is 0.00485. The summed E-state index contributed by atoms with van der Waals surface area (Å²) in [5, 5.41) is 0. The number of hydrogen-bond acceptors (Lipinski definition) is 2. The van der Waals surface area contributed by atoms with E-state index in [-0.39, 0.29) is 11.6 Å². The van der Waals surface area contributed by atoms with E-state index in [2.05, 4.69) is 33.8 Å². The van der Waals surface area contributed by atoms with Crippen molar-refractivity contribution in [2.24, 2.45) is 11.8 Å². The third kappa shape index (κ3) is 7.87. The number of Topliss-reactive ketones (excluding diaryl/α,β-unsaturated/α-hetero) is 2. The highest BCUT2D eigenvalue weighted by atomic mass is 16.1. The van der Waals surface area contributed by atoms with Crippen molar-refractivity contribution >= 4 is 11.6 Å². The van der Waals surface area contributed by atoms with Gasteiger partial charge in [0, 0.05) is 22.3 Å². The lowest BCUT2D eigenvalue weighted by molar-refractivity contribution is 0.0973. The quantitative estimate of drug-likeness (QED) is 0.215. The highest BCUT2D eigenvalue weighted by molar-refractivity contribution is 6.26. The van der Waals surface area contributed by atoms with E-state index >= 15 is 0 Å². The van der Waals surface area contributed by atoms with E-state index in [1.807, 2.05) is 12.1 Å². The number of fused-ring (bicyclic) bond motifs is 1. The summed E-state index contributed by atoms with van der Waals surface area (Å²) >= 11 is 0. The number of allylic oxidation sites excluding steroid dienone is 4. The molecule has 0 aromatic heterocycles. The van der Waals surface area contributed by atoms with Gasteiger partial charge in [-0.3, -0.25) is 9.59 Å². The summed E-state index contributed by atoms with van der Waals surface area (Å²) in [4.78, 5) is 25.5. The van der Waals surface area contributed by atoms with Gasteiger partial charge in [-0.25, -0.2) is 0 Å². The molecule has 0 bridgehead atoms. The monoisotopic (exact) mass is 436 g/mol. The Kier molecular flexibility index (Phi) is 11.1. The zero-order valence-corrected chi connectivity index (χ0v) is 21.1. The molecule has 0 heterocycles. The van der Waals surface area contributed by atoms with Crippen LogP contribution in [-0.4, -0.2) is 11.6 Å². The van der Waals surface area contributed by atoms with E-state index in [4.69, 9.17) is 0 Å². The summed E-state index contributed by atoms with van der Waals surface area (Å²) in [6.45, 7) is 11.0. The molecule has 176 valence electrons. The predicted octanol–water partition coefficient (Wildman–Crippen LogP) is 8.91. The molecule has 0 amide bonds. The molecule has 0 radical (unpaired) electrons. The minimum Gasteiger partial charge on any atom is -0.289 e. The predicted molar refractivity (Wildman–Crippen MR) is 136 cm³/mol. The van der Waals surface area contributed by atoms with Gasteiger partial charge in [0.1, 0.15) is 0 Å². The van der Waals surface area contributed by atoms with Gasteiger partial charge in [0.2, 0.25) is 0 Å². The van der Waals surface area contributed by atoms with Gasteiger partial charge < -0.3 is 0 Å². The van der Waals surface area contributed by atoms with Crippen LogP contribution in [0.15, 0.2) is 47.1 Å². The Morgan fingerprint density at radius 1 is 0.844 bits per heavy atom. The van der Waals surface area contributed by atoms with Crippen LogP contribution in [0.1, 0.15) is 126 Å². The highest BCUT2D eigenvalue weighted by Gasteiger charge is 2.28. The molecule has 0 fully saturated rings. The Morgan fingerprint density at radius 3 is 2.03 bits per heavy atom. The molecule has 0 spiro atoms. The molecule has 0 saturated heterocycles. The van der Waals surface area contributed by atoms with E-state index in [1.54, 1.807) is 19.1 Å². The molecule has 2 nitrogen and oxygen atoms in total. The van der Waals surface area contributed by atoms with Gasteiger partial charge in [0.25, 0.3) is 0 Å². The fraction of sp³-hybridized carbons (Fsp3) is 0.600. The van der Waals surface area contributed by atoms with Crippen LogP contribution in [0.3, 0.4) is 0 Å². The average Bonchev–Trinajstić information content (AvgIpc) is 2.77. The molecular formula is C30H44O2.